The van der Waals surface area contributed by atoms with E-state index in [0.717, 1.165) is 6.20 Å². The maximum atomic E-state index is 12.3. The Morgan fingerprint density at radius 2 is 2.39 bits per heavy atom. The zero-order valence-corrected chi connectivity index (χ0v) is 11.3. The third-order valence-electron chi connectivity index (χ3n) is 2.64. The number of aromatic amines is 1. The highest BCUT2D eigenvalue weighted by atomic mass is 32.2. The van der Waals surface area contributed by atoms with Crippen molar-refractivity contribution in [2.45, 2.75) is 17.2 Å². The second-order valence-electron chi connectivity index (χ2n) is 3.96. The molecule has 7 nitrogen and oxygen atoms in total. The Morgan fingerprint density at radius 1 is 1.67 bits per heavy atom. The molecular formula is C9H13N3O4S2. The molecule has 0 saturated carbocycles. The van der Waals surface area contributed by atoms with Crippen molar-refractivity contribution in [2.24, 2.45) is 0 Å². The normalized spacial score (nSPS) is 21.9. The first kappa shape index (κ1) is 13.4. The third kappa shape index (κ3) is 2.38. The molecule has 0 radical (unpaired) electrons. The zero-order valence-electron chi connectivity index (χ0n) is 9.66. The van der Waals surface area contributed by atoms with Gasteiger partial charge in [0.1, 0.15) is 5.56 Å². The van der Waals surface area contributed by atoms with E-state index in [1.165, 1.54) is 4.31 Å². The molecule has 1 aliphatic rings. The maximum Gasteiger partial charge on any atom is 0.340 e. The molecule has 0 spiro atoms. The Kier molecular flexibility index (Phi) is 3.64. The van der Waals surface area contributed by atoms with Gasteiger partial charge in [0.05, 0.1) is 6.20 Å². The van der Waals surface area contributed by atoms with Crippen LogP contribution in [0.2, 0.25) is 0 Å². The highest BCUT2D eigenvalue weighted by molar-refractivity contribution is 8.00. The van der Waals surface area contributed by atoms with E-state index in [1.807, 2.05) is 6.92 Å². The van der Waals surface area contributed by atoms with Crippen molar-refractivity contribution in [1.82, 2.24) is 14.5 Å². The lowest BCUT2D eigenvalue weighted by molar-refractivity contribution is 0.0692. The summed E-state index contributed by atoms with van der Waals surface area (Å²) in [5.41, 5.74) is -0.319. The Bertz CT molecular complexity index is 554. The average molecular weight is 291 g/mol. The Labute approximate surface area is 109 Å². The molecule has 1 atom stereocenters. The van der Waals surface area contributed by atoms with Crippen molar-refractivity contribution in [2.75, 3.05) is 18.8 Å². The molecule has 1 aromatic rings. The SMILES string of the molecule is CC1CN(S(=O)(=O)c2[nH]ncc2C(=O)O)CCS1. The number of rotatable bonds is 3. The number of nitrogens with zero attached hydrogens (tertiary/aromatic N) is 2. The van der Waals surface area contributed by atoms with Gasteiger partial charge in [-0.2, -0.15) is 21.2 Å². The number of aromatic nitrogens is 2. The van der Waals surface area contributed by atoms with Crippen LogP contribution in [0.4, 0.5) is 0 Å². The van der Waals surface area contributed by atoms with E-state index in [1.54, 1.807) is 11.8 Å². The number of nitrogens with one attached hydrogen (secondary N) is 1. The number of H-pyrrole nitrogens is 1. The summed E-state index contributed by atoms with van der Waals surface area (Å²) in [7, 11) is -3.81. The summed E-state index contributed by atoms with van der Waals surface area (Å²) in [6.45, 7) is 2.71. The lowest BCUT2D eigenvalue weighted by atomic mass is 10.4. The van der Waals surface area contributed by atoms with Crippen molar-refractivity contribution < 1.29 is 18.3 Å². The van der Waals surface area contributed by atoms with Gasteiger partial charge in [-0.25, -0.2) is 13.2 Å². The Morgan fingerprint density at radius 3 is 3.00 bits per heavy atom. The third-order valence-corrected chi connectivity index (χ3v) is 5.61. The smallest absolute Gasteiger partial charge is 0.340 e. The zero-order chi connectivity index (χ0) is 13.3. The molecule has 1 unspecified atom stereocenters. The van der Waals surface area contributed by atoms with Gasteiger partial charge in [-0.3, -0.25) is 5.10 Å². The number of carboxylic acid groups (broad SMARTS) is 1. The first-order chi connectivity index (χ1) is 8.43. The minimum Gasteiger partial charge on any atom is -0.478 e. The van der Waals surface area contributed by atoms with Crippen LogP contribution in [-0.4, -0.2) is 58.1 Å². The average Bonchev–Trinajstić information content (AvgIpc) is 2.78. The molecule has 9 heteroatoms. The minimum atomic E-state index is -3.81. The predicted molar refractivity (Wildman–Crippen MR) is 66.2 cm³/mol. The van der Waals surface area contributed by atoms with Gasteiger partial charge in [0, 0.05) is 24.1 Å². The first-order valence-corrected chi connectivity index (χ1v) is 7.80. The van der Waals surface area contributed by atoms with Crippen LogP contribution < -0.4 is 0 Å². The molecule has 2 N–H and O–H groups in total. The molecule has 1 aromatic heterocycles. The van der Waals surface area contributed by atoms with E-state index in [9.17, 15) is 13.2 Å². The summed E-state index contributed by atoms with van der Waals surface area (Å²) in [5.74, 6) is -0.599. The van der Waals surface area contributed by atoms with Gasteiger partial charge < -0.3 is 5.11 Å². The fraction of sp³-hybridized carbons (Fsp3) is 0.556. The van der Waals surface area contributed by atoms with Gasteiger partial charge in [0.25, 0.3) is 10.0 Å². The molecule has 1 aliphatic heterocycles. The molecular weight excluding hydrogens is 278 g/mol. The number of thioether (sulfide) groups is 1. The summed E-state index contributed by atoms with van der Waals surface area (Å²) in [6, 6.07) is 0. The monoisotopic (exact) mass is 291 g/mol. The van der Waals surface area contributed by atoms with Gasteiger partial charge in [0.2, 0.25) is 0 Å². The predicted octanol–water partition coefficient (Wildman–Crippen LogP) is 0.234. The molecule has 18 heavy (non-hydrogen) atoms. The van der Waals surface area contributed by atoms with E-state index in [-0.39, 0.29) is 15.8 Å². The first-order valence-electron chi connectivity index (χ1n) is 5.31. The molecule has 0 bridgehead atoms. The van der Waals surface area contributed by atoms with Gasteiger partial charge in [-0.15, -0.1) is 0 Å². The fourth-order valence-electron chi connectivity index (χ4n) is 1.76. The largest absolute Gasteiger partial charge is 0.478 e. The van der Waals surface area contributed by atoms with Crippen LogP contribution in [0.1, 0.15) is 17.3 Å². The van der Waals surface area contributed by atoms with E-state index in [0.29, 0.717) is 18.8 Å². The molecule has 2 heterocycles. The lowest BCUT2D eigenvalue weighted by Crippen LogP contribution is -2.41. The van der Waals surface area contributed by atoms with Gasteiger partial charge >= 0.3 is 5.97 Å². The van der Waals surface area contributed by atoms with Crippen molar-refractivity contribution in [3.63, 3.8) is 0 Å². The summed E-state index contributed by atoms with van der Waals surface area (Å²) < 4.78 is 25.9. The molecule has 0 amide bonds. The van der Waals surface area contributed by atoms with Crippen LogP contribution in [0.3, 0.4) is 0 Å². The number of hydrogen-bond donors (Lipinski definition) is 2. The van der Waals surface area contributed by atoms with Crippen LogP contribution in [0, 0.1) is 0 Å². The molecule has 100 valence electrons. The van der Waals surface area contributed by atoms with Crippen molar-refractivity contribution in [1.29, 1.82) is 0 Å². The van der Waals surface area contributed by atoms with Gasteiger partial charge in [0.15, 0.2) is 5.03 Å². The van der Waals surface area contributed by atoms with E-state index < -0.39 is 16.0 Å². The lowest BCUT2D eigenvalue weighted by Gasteiger charge is -2.29. The molecule has 2 rings (SSSR count). The van der Waals surface area contributed by atoms with Crippen LogP contribution in [0.25, 0.3) is 0 Å². The summed E-state index contributed by atoms with van der Waals surface area (Å²) in [4.78, 5) is 10.9. The fourth-order valence-corrected chi connectivity index (χ4v) is 4.58. The number of hydrogen-bond acceptors (Lipinski definition) is 5. The number of carboxylic acids is 1. The molecule has 1 fully saturated rings. The minimum absolute atomic E-state index is 0.199. The van der Waals surface area contributed by atoms with E-state index in [2.05, 4.69) is 10.2 Å². The quantitative estimate of drug-likeness (QED) is 0.826. The van der Waals surface area contributed by atoms with Crippen LogP contribution >= 0.6 is 11.8 Å². The van der Waals surface area contributed by atoms with E-state index in [4.69, 9.17) is 5.11 Å². The molecule has 0 aromatic carbocycles. The van der Waals surface area contributed by atoms with Crippen LogP contribution in [-0.2, 0) is 10.0 Å². The van der Waals surface area contributed by atoms with Gasteiger partial charge in [-0.1, -0.05) is 6.92 Å². The summed E-state index contributed by atoms with van der Waals surface area (Å²) in [5, 5.41) is 14.6. The highest BCUT2D eigenvalue weighted by Crippen LogP contribution is 2.24. The highest BCUT2D eigenvalue weighted by Gasteiger charge is 2.33. The second kappa shape index (κ2) is 4.90. The molecule has 1 saturated heterocycles. The standard InChI is InChI=1S/C9H13N3O4S2/c1-6-5-12(2-3-17-6)18(15,16)8-7(9(13)14)4-10-11-8/h4,6H,2-3,5H2,1H3,(H,10,11)(H,13,14). The summed E-state index contributed by atoms with van der Waals surface area (Å²) >= 11 is 1.70. The van der Waals surface area contributed by atoms with Crippen LogP contribution in [0.15, 0.2) is 11.2 Å². The number of sulfonamides is 1. The summed E-state index contributed by atoms with van der Waals surface area (Å²) in [6.07, 6.45) is 1.01. The Balaban J connectivity index is 2.36. The van der Waals surface area contributed by atoms with E-state index >= 15 is 0 Å². The van der Waals surface area contributed by atoms with Crippen LogP contribution in [0.5, 0.6) is 0 Å². The topological polar surface area (TPSA) is 103 Å². The van der Waals surface area contributed by atoms with Gasteiger partial charge in [-0.05, 0) is 0 Å². The maximum absolute atomic E-state index is 12.3. The molecule has 0 aliphatic carbocycles. The van der Waals surface area contributed by atoms with Crippen molar-refractivity contribution in [3.8, 4) is 0 Å². The van der Waals surface area contributed by atoms with Crippen molar-refractivity contribution in [3.05, 3.63) is 11.8 Å². The number of aromatic carboxylic acids is 1. The Hall–Kier alpha value is -1.06. The van der Waals surface area contributed by atoms with Crippen molar-refractivity contribution >= 4 is 27.8 Å². The number of carbonyl (C=O) groups is 1. The second-order valence-corrected chi connectivity index (χ2v) is 7.38.